The van der Waals surface area contributed by atoms with Gasteiger partial charge in [-0.25, -0.2) is 0 Å². The van der Waals surface area contributed by atoms with Crippen LogP contribution < -0.4 is 5.32 Å². The van der Waals surface area contributed by atoms with Crippen LogP contribution in [0.3, 0.4) is 0 Å². The molecule has 1 aromatic rings. The monoisotopic (exact) mass is 308 g/mol. The van der Waals surface area contributed by atoms with Gasteiger partial charge in [0.25, 0.3) is 0 Å². The van der Waals surface area contributed by atoms with Gasteiger partial charge in [0.15, 0.2) is 0 Å². The van der Waals surface area contributed by atoms with Crippen molar-refractivity contribution in [3.63, 3.8) is 0 Å². The van der Waals surface area contributed by atoms with Crippen LogP contribution in [-0.2, 0) is 16.0 Å². The molecule has 116 valence electrons. The number of hydrogen-bond donors (Lipinski definition) is 1. The van der Waals surface area contributed by atoms with Crippen LogP contribution in [-0.4, -0.2) is 35.3 Å². The van der Waals surface area contributed by atoms with Crippen molar-refractivity contribution in [2.24, 2.45) is 0 Å². The largest absolute Gasteiger partial charge is 0.343 e. The average Bonchev–Trinajstić information content (AvgIpc) is 2.97. The molecule has 0 aliphatic carbocycles. The van der Waals surface area contributed by atoms with Crippen molar-refractivity contribution in [3.8, 4) is 0 Å². The summed E-state index contributed by atoms with van der Waals surface area (Å²) < 4.78 is 0. The summed E-state index contributed by atoms with van der Waals surface area (Å²) >= 11 is 1.66. The molecular weight excluding hydrogens is 284 g/mol. The van der Waals surface area contributed by atoms with Crippen LogP contribution in [0, 0.1) is 0 Å². The Morgan fingerprint density at radius 2 is 2.00 bits per heavy atom. The van der Waals surface area contributed by atoms with E-state index in [1.807, 2.05) is 19.2 Å². The number of piperazine rings is 1. The SMILES string of the molecule is CCCC1NC(=O)C(CCC)N(CCc2ccsc2)C1=O. The van der Waals surface area contributed by atoms with Crippen LogP contribution in [0.5, 0.6) is 0 Å². The van der Waals surface area contributed by atoms with Gasteiger partial charge < -0.3 is 10.2 Å². The van der Waals surface area contributed by atoms with E-state index < -0.39 is 0 Å². The van der Waals surface area contributed by atoms with E-state index in [0.717, 1.165) is 32.1 Å². The van der Waals surface area contributed by atoms with Gasteiger partial charge in [0.2, 0.25) is 11.8 Å². The number of carbonyl (C=O) groups excluding carboxylic acids is 2. The molecule has 4 nitrogen and oxygen atoms in total. The summed E-state index contributed by atoms with van der Waals surface area (Å²) in [5, 5.41) is 7.05. The molecule has 1 saturated heterocycles. The second kappa shape index (κ2) is 7.59. The standard InChI is InChI=1S/C16H24N2O2S/c1-3-5-13-16(20)18(9-7-12-8-10-21-11-12)14(6-4-2)15(19)17-13/h8,10-11,13-14H,3-7,9H2,1-2H3,(H,17,19). The fourth-order valence-electron chi connectivity index (χ4n) is 2.82. The molecule has 2 heterocycles. The summed E-state index contributed by atoms with van der Waals surface area (Å²) in [6, 6.07) is 1.45. The van der Waals surface area contributed by atoms with Gasteiger partial charge in [-0.2, -0.15) is 11.3 Å². The maximum Gasteiger partial charge on any atom is 0.245 e. The first-order chi connectivity index (χ1) is 10.2. The van der Waals surface area contributed by atoms with Gasteiger partial charge >= 0.3 is 0 Å². The van der Waals surface area contributed by atoms with Gasteiger partial charge in [-0.1, -0.05) is 26.7 Å². The van der Waals surface area contributed by atoms with E-state index >= 15 is 0 Å². The lowest BCUT2D eigenvalue weighted by atomic mass is 10.00. The highest BCUT2D eigenvalue weighted by atomic mass is 32.1. The van der Waals surface area contributed by atoms with E-state index in [0.29, 0.717) is 6.54 Å². The third kappa shape index (κ3) is 3.84. The van der Waals surface area contributed by atoms with Crippen molar-refractivity contribution in [1.29, 1.82) is 0 Å². The van der Waals surface area contributed by atoms with E-state index in [2.05, 4.69) is 16.8 Å². The summed E-state index contributed by atoms with van der Waals surface area (Å²) in [6.07, 6.45) is 4.08. The average molecular weight is 308 g/mol. The summed E-state index contributed by atoms with van der Waals surface area (Å²) in [6.45, 7) is 4.72. The maximum absolute atomic E-state index is 12.6. The normalized spacial score (nSPS) is 22.5. The molecule has 1 aliphatic heterocycles. The molecule has 0 spiro atoms. The van der Waals surface area contributed by atoms with Crippen LogP contribution in [0.25, 0.3) is 0 Å². The molecule has 1 aromatic heterocycles. The Balaban J connectivity index is 2.09. The summed E-state index contributed by atoms with van der Waals surface area (Å²) in [5.74, 6) is 0.102. The molecular formula is C16H24N2O2S. The number of rotatable bonds is 7. The fourth-order valence-corrected chi connectivity index (χ4v) is 3.52. The molecule has 21 heavy (non-hydrogen) atoms. The first kappa shape index (κ1) is 16.0. The Bertz CT molecular complexity index is 473. The molecule has 2 unspecified atom stereocenters. The Hall–Kier alpha value is -1.36. The van der Waals surface area contributed by atoms with Gasteiger partial charge in [-0.3, -0.25) is 9.59 Å². The van der Waals surface area contributed by atoms with Crippen LogP contribution in [0.4, 0.5) is 0 Å². The van der Waals surface area contributed by atoms with Crippen molar-refractivity contribution in [2.75, 3.05) is 6.54 Å². The smallest absolute Gasteiger partial charge is 0.245 e. The predicted molar refractivity (Wildman–Crippen MR) is 85.3 cm³/mol. The van der Waals surface area contributed by atoms with E-state index in [1.54, 1.807) is 16.2 Å². The Kier molecular flexibility index (Phi) is 5.79. The van der Waals surface area contributed by atoms with Gasteiger partial charge in [-0.05, 0) is 41.7 Å². The molecule has 5 heteroatoms. The van der Waals surface area contributed by atoms with Gasteiger partial charge in [0.1, 0.15) is 12.1 Å². The number of hydrogen-bond acceptors (Lipinski definition) is 3. The zero-order chi connectivity index (χ0) is 15.2. The highest BCUT2D eigenvalue weighted by Crippen LogP contribution is 2.18. The molecule has 2 amide bonds. The minimum absolute atomic E-state index is 0.0141. The second-order valence-electron chi connectivity index (χ2n) is 5.57. The third-order valence-electron chi connectivity index (χ3n) is 3.94. The number of amides is 2. The molecule has 0 bridgehead atoms. The molecule has 2 rings (SSSR count). The Morgan fingerprint density at radius 3 is 2.62 bits per heavy atom. The van der Waals surface area contributed by atoms with E-state index in [1.165, 1.54) is 5.56 Å². The van der Waals surface area contributed by atoms with Crippen LogP contribution in [0.1, 0.15) is 45.1 Å². The lowest BCUT2D eigenvalue weighted by molar-refractivity contribution is -0.149. The van der Waals surface area contributed by atoms with E-state index in [9.17, 15) is 9.59 Å². The number of nitrogens with zero attached hydrogens (tertiary/aromatic N) is 1. The number of thiophene rings is 1. The van der Waals surface area contributed by atoms with E-state index in [4.69, 9.17) is 0 Å². The van der Waals surface area contributed by atoms with Crippen molar-refractivity contribution < 1.29 is 9.59 Å². The van der Waals surface area contributed by atoms with Crippen LogP contribution >= 0.6 is 11.3 Å². The summed E-state index contributed by atoms with van der Waals surface area (Å²) in [7, 11) is 0. The molecule has 0 radical (unpaired) electrons. The maximum atomic E-state index is 12.6. The molecule has 2 atom stereocenters. The van der Waals surface area contributed by atoms with Gasteiger partial charge in [-0.15, -0.1) is 0 Å². The zero-order valence-electron chi connectivity index (χ0n) is 12.8. The van der Waals surface area contributed by atoms with Crippen molar-refractivity contribution >= 4 is 23.2 Å². The van der Waals surface area contributed by atoms with Crippen molar-refractivity contribution in [2.45, 2.75) is 58.0 Å². The highest BCUT2D eigenvalue weighted by molar-refractivity contribution is 7.07. The Labute approximate surface area is 130 Å². The fraction of sp³-hybridized carbons (Fsp3) is 0.625. The topological polar surface area (TPSA) is 49.4 Å². The minimum atomic E-state index is -0.335. The minimum Gasteiger partial charge on any atom is -0.343 e. The lowest BCUT2D eigenvalue weighted by Gasteiger charge is -2.39. The van der Waals surface area contributed by atoms with Gasteiger partial charge in [0, 0.05) is 6.54 Å². The highest BCUT2D eigenvalue weighted by Gasteiger charge is 2.38. The van der Waals surface area contributed by atoms with Crippen molar-refractivity contribution in [3.05, 3.63) is 22.4 Å². The van der Waals surface area contributed by atoms with Gasteiger partial charge in [0.05, 0.1) is 0 Å². The summed E-state index contributed by atoms with van der Waals surface area (Å²) in [5.41, 5.74) is 1.24. The number of nitrogens with one attached hydrogen (secondary N) is 1. The van der Waals surface area contributed by atoms with Crippen LogP contribution in [0.15, 0.2) is 16.8 Å². The Morgan fingerprint density at radius 1 is 1.24 bits per heavy atom. The molecule has 1 aliphatic rings. The molecule has 1 fully saturated rings. The predicted octanol–water partition coefficient (Wildman–Crippen LogP) is 2.59. The van der Waals surface area contributed by atoms with Crippen molar-refractivity contribution in [1.82, 2.24) is 10.2 Å². The quantitative estimate of drug-likeness (QED) is 0.841. The number of carbonyl (C=O) groups is 2. The third-order valence-corrected chi connectivity index (χ3v) is 4.67. The van der Waals surface area contributed by atoms with E-state index in [-0.39, 0.29) is 23.9 Å². The molecule has 1 N–H and O–H groups in total. The first-order valence-electron chi connectivity index (χ1n) is 7.79. The molecule has 0 saturated carbocycles. The zero-order valence-corrected chi connectivity index (χ0v) is 13.6. The van der Waals surface area contributed by atoms with Crippen LogP contribution in [0.2, 0.25) is 0 Å². The lowest BCUT2D eigenvalue weighted by Crippen LogP contribution is -2.63. The second-order valence-corrected chi connectivity index (χ2v) is 6.35. The first-order valence-corrected chi connectivity index (χ1v) is 8.73. The molecule has 0 aromatic carbocycles. The summed E-state index contributed by atoms with van der Waals surface area (Å²) in [4.78, 5) is 26.7.